The van der Waals surface area contributed by atoms with Gasteiger partial charge in [0.05, 0.1) is 11.6 Å². The molecular weight excluding hydrogens is 148 g/mol. The van der Waals surface area contributed by atoms with Gasteiger partial charge in [0.1, 0.15) is 6.29 Å². The van der Waals surface area contributed by atoms with Gasteiger partial charge in [0.25, 0.3) is 0 Å². The van der Waals surface area contributed by atoms with E-state index in [0.29, 0.717) is 6.42 Å². The zero-order valence-corrected chi connectivity index (χ0v) is 6.17. The molecule has 0 aromatic carbocycles. The maximum absolute atomic E-state index is 10.1. The van der Waals surface area contributed by atoms with Gasteiger partial charge in [0.15, 0.2) is 0 Å². The van der Waals surface area contributed by atoms with E-state index < -0.39 is 0 Å². The molecule has 0 spiro atoms. The molecule has 0 aliphatic heterocycles. The summed E-state index contributed by atoms with van der Waals surface area (Å²) in [4.78, 5) is 15.0. The minimum Gasteiger partial charge on any atom is -0.321 e. The van der Waals surface area contributed by atoms with Gasteiger partial charge < -0.3 is 10.5 Å². The van der Waals surface area contributed by atoms with Crippen LogP contribution in [0.25, 0.3) is 0 Å². The normalized spacial score (nSPS) is 12.9. The zero-order chi connectivity index (χ0) is 7.40. The number of hydrogen-bond donors (Lipinski definition) is 1. The van der Waals surface area contributed by atoms with Crippen LogP contribution >= 0.6 is 11.3 Å². The molecule has 0 radical (unpaired) electrons. The van der Waals surface area contributed by atoms with E-state index in [2.05, 4.69) is 4.98 Å². The Morgan fingerprint density at radius 3 is 3.20 bits per heavy atom. The molecular formula is C6H8N2OS. The standard InChI is InChI=1S/C6H8N2OS/c7-5(3-9)1-6-2-8-4-10-6/h2-5H,1,7H2. The van der Waals surface area contributed by atoms with Crippen LogP contribution in [0, 0.1) is 0 Å². The number of hydrogen-bond acceptors (Lipinski definition) is 4. The molecule has 0 aliphatic carbocycles. The summed E-state index contributed by atoms with van der Waals surface area (Å²) in [5.74, 6) is 0. The second-order valence-electron chi connectivity index (χ2n) is 1.97. The van der Waals surface area contributed by atoms with Crippen molar-refractivity contribution in [3.63, 3.8) is 0 Å². The van der Waals surface area contributed by atoms with Crippen molar-refractivity contribution in [2.75, 3.05) is 0 Å². The lowest BCUT2D eigenvalue weighted by Crippen LogP contribution is -2.23. The maximum atomic E-state index is 10.1. The van der Waals surface area contributed by atoms with Crippen LogP contribution in [0.1, 0.15) is 4.88 Å². The van der Waals surface area contributed by atoms with Crippen LogP contribution in [0.3, 0.4) is 0 Å². The Labute approximate surface area is 62.9 Å². The molecule has 2 N–H and O–H groups in total. The Hall–Kier alpha value is -0.740. The Morgan fingerprint density at radius 1 is 1.90 bits per heavy atom. The van der Waals surface area contributed by atoms with E-state index in [1.165, 1.54) is 11.3 Å². The van der Waals surface area contributed by atoms with Crippen molar-refractivity contribution < 1.29 is 4.79 Å². The van der Waals surface area contributed by atoms with E-state index in [1.54, 1.807) is 11.7 Å². The highest BCUT2D eigenvalue weighted by Crippen LogP contribution is 2.06. The third-order valence-electron chi connectivity index (χ3n) is 1.10. The molecule has 0 amide bonds. The number of carbonyl (C=O) groups is 1. The highest BCUT2D eigenvalue weighted by Gasteiger charge is 2.01. The predicted molar refractivity (Wildman–Crippen MR) is 39.9 cm³/mol. The summed E-state index contributed by atoms with van der Waals surface area (Å²) in [5.41, 5.74) is 7.10. The van der Waals surface area contributed by atoms with Crippen LogP contribution in [0.4, 0.5) is 0 Å². The van der Waals surface area contributed by atoms with E-state index >= 15 is 0 Å². The van der Waals surface area contributed by atoms with Gasteiger partial charge in [-0.2, -0.15) is 0 Å². The van der Waals surface area contributed by atoms with Gasteiger partial charge in [-0.15, -0.1) is 11.3 Å². The smallest absolute Gasteiger partial charge is 0.137 e. The van der Waals surface area contributed by atoms with Crippen LogP contribution in [-0.4, -0.2) is 17.3 Å². The van der Waals surface area contributed by atoms with Crippen LogP contribution < -0.4 is 5.73 Å². The summed E-state index contributed by atoms with van der Waals surface area (Å²) >= 11 is 1.52. The van der Waals surface area contributed by atoms with Gasteiger partial charge in [-0.25, -0.2) is 0 Å². The summed E-state index contributed by atoms with van der Waals surface area (Å²) in [7, 11) is 0. The first-order valence-electron chi connectivity index (χ1n) is 2.91. The van der Waals surface area contributed by atoms with Gasteiger partial charge in [-0.1, -0.05) is 0 Å². The molecule has 1 atom stereocenters. The lowest BCUT2D eigenvalue weighted by atomic mass is 10.2. The number of aldehydes is 1. The molecule has 1 aromatic heterocycles. The molecule has 4 heteroatoms. The predicted octanol–water partition coefficient (Wildman–Crippen LogP) is 0.212. The van der Waals surface area contributed by atoms with Crippen molar-refractivity contribution in [3.8, 4) is 0 Å². The van der Waals surface area contributed by atoms with Gasteiger partial charge >= 0.3 is 0 Å². The van der Waals surface area contributed by atoms with Crippen molar-refractivity contribution in [1.29, 1.82) is 0 Å². The molecule has 10 heavy (non-hydrogen) atoms. The fraction of sp³-hybridized carbons (Fsp3) is 0.333. The number of thiazole rings is 1. The van der Waals surface area contributed by atoms with E-state index in [0.717, 1.165) is 11.2 Å². The summed E-state index contributed by atoms with van der Waals surface area (Å²) in [6.07, 6.45) is 3.09. The summed E-state index contributed by atoms with van der Waals surface area (Å²) in [6, 6.07) is -0.375. The first kappa shape index (κ1) is 7.37. The van der Waals surface area contributed by atoms with Gasteiger partial charge in [-0.3, -0.25) is 4.98 Å². The Kier molecular flexibility index (Phi) is 2.53. The second kappa shape index (κ2) is 3.43. The lowest BCUT2D eigenvalue weighted by molar-refractivity contribution is -0.108. The van der Waals surface area contributed by atoms with Crippen LogP contribution in [0.2, 0.25) is 0 Å². The average Bonchev–Trinajstić information content (AvgIpc) is 2.40. The lowest BCUT2D eigenvalue weighted by Gasteiger charge is -1.97. The van der Waals surface area contributed by atoms with E-state index in [9.17, 15) is 4.79 Å². The quantitative estimate of drug-likeness (QED) is 0.636. The summed E-state index contributed by atoms with van der Waals surface area (Å²) < 4.78 is 0. The number of nitrogens with two attached hydrogens (primary N) is 1. The molecule has 1 unspecified atom stereocenters. The SMILES string of the molecule is NC(C=O)Cc1cncs1. The third-order valence-corrected chi connectivity index (χ3v) is 1.90. The highest BCUT2D eigenvalue weighted by atomic mass is 32.1. The van der Waals surface area contributed by atoms with Crippen molar-refractivity contribution in [3.05, 3.63) is 16.6 Å². The van der Waals surface area contributed by atoms with Gasteiger partial charge in [0, 0.05) is 17.5 Å². The molecule has 0 fully saturated rings. The number of rotatable bonds is 3. The molecule has 3 nitrogen and oxygen atoms in total. The third kappa shape index (κ3) is 1.89. The summed E-state index contributed by atoms with van der Waals surface area (Å²) in [5, 5.41) is 0. The first-order chi connectivity index (χ1) is 4.83. The topological polar surface area (TPSA) is 56.0 Å². The zero-order valence-electron chi connectivity index (χ0n) is 5.36. The van der Waals surface area contributed by atoms with Crippen molar-refractivity contribution >= 4 is 17.6 Å². The monoisotopic (exact) mass is 156 g/mol. The van der Waals surface area contributed by atoms with Crippen LogP contribution in [0.5, 0.6) is 0 Å². The fourth-order valence-corrected chi connectivity index (χ4v) is 1.29. The molecule has 0 bridgehead atoms. The molecule has 54 valence electrons. The van der Waals surface area contributed by atoms with Crippen molar-refractivity contribution in [2.45, 2.75) is 12.5 Å². The van der Waals surface area contributed by atoms with Crippen molar-refractivity contribution in [2.24, 2.45) is 5.73 Å². The van der Waals surface area contributed by atoms with E-state index in [-0.39, 0.29) is 6.04 Å². The molecule has 0 saturated heterocycles. The summed E-state index contributed by atoms with van der Waals surface area (Å²) in [6.45, 7) is 0. The molecule has 1 aromatic rings. The number of carbonyl (C=O) groups excluding carboxylic acids is 1. The molecule has 0 saturated carbocycles. The van der Waals surface area contributed by atoms with Crippen LogP contribution in [-0.2, 0) is 11.2 Å². The molecule has 1 heterocycles. The minimum absolute atomic E-state index is 0.375. The number of aromatic nitrogens is 1. The number of nitrogens with zero attached hydrogens (tertiary/aromatic N) is 1. The highest BCUT2D eigenvalue weighted by molar-refractivity contribution is 7.09. The van der Waals surface area contributed by atoms with Gasteiger partial charge in [0.2, 0.25) is 0 Å². The Morgan fingerprint density at radius 2 is 2.70 bits per heavy atom. The second-order valence-corrected chi connectivity index (χ2v) is 2.94. The Balaban J connectivity index is 2.47. The van der Waals surface area contributed by atoms with Gasteiger partial charge in [-0.05, 0) is 0 Å². The first-order valence-corrected chi connectivity index (χ1v) is 3.79. The van der Waals surface area contributed by atoms with E-state index in [1.807, 2.05) is 0 Å². The molecule has 1 rings (SSSR count). The molecule has 0 aliphatic rings. The maximum Gasteiger partial charge on any atom is 0.137 e. The van der Waals surface area contributed by atoms with Crippen molar-refractivity contribution in [1.82, 2.24) is 4.98 Å². The van der Waals surface area contributed by atoms with E-state index in [4.69, 9.17) is 5.73 Å². The Bertz CT molecular complexity index is 198. The minimum atomic E-state index is -0.375. The fourth-order valence-electron chi connectivity index (χ4n) is 0.623. The average molecular weight is 156 g/mol. The largest absolute Gasteiger partial charge is 0.321 e. The van der Waals surface area contributed by atoms with Crippen LogP contribution in [0.15, 0.2) is 11.7 Å².